The van der Waals surface area contributed by atoms with Gasteiger partial charge in [-0.05, 0) is 55.7 Å². The van der Waals surface area contributed by atoms with E-state index in [1.165, 1.54) is 0 Å². The molecular weight excluding hydrogens is 582 g/mol. The van der Waals surface area contributed by atoms with E-state index >= 15 is 9.59 Å². The molecule has 1 unspecified atom stereocenters. The van der Waals surface area contributed by atoms with Crippen LogP contribution in [0.5, 0.6) is 0 Å². The van der Waals surface area contributed by atoms with Gasteiger partial charge in [0.2, 0.25) is 11.8 Å². The number of rotatable bonds is 5. The molecule has 0 radical (unpaired) electrons. The highest BCUT2D eigenvalue weighted by molar-refractivity contribution is 8.02. The highest BCUT2D eigenvalue weighted by Crippen LogP contribution is 2.66. The van der Waals surface area contributed by atoms with Crippen molar-refractivity contribution in [3.05, 3.63) is 120 Å². The number of aliphatic hydroxyl groups excluding tert-OH is 1. The van der Waals surface area contributed by atoms with Crippen molar-refractivity contribution in [3.8, 4) is 0 Å². The second-order valence-electron chi connectivity index (χ2n) is 12.7. The molecule has 4 aliphatic rings. The minimum absolute atomic E-state index is 0.131. The Morgan fingerprint density at radius 3 is 2.20 bits per heavy atom. The number of amides is 3. The Bertz CT molecular complexity index is 1730. The summed E-state index contributed by atoms with van der Waals surface area (Å²) in [6.07, 6.45) is 8.10. The maximum atomic E-state index is 15.1. The Morgan fingerprint density at radius 1 is 0.822 bits per heavy atom. The van der Waals surface area contributed by atoms with Gasteiger partial charge in [0.05, 0.1) is 29.2 Å². The third-order valence-corrected chi connectivity index (χ3v) is 11.7. The molecule has 4 aliphatic heterocycles. The van der Waals surface area contributed by atoms with Crippen molar-refractivity contribution in [2.75, 3.05) is 29.5 Å². The van der Waals surface area contributed by atoms with Crippen LogP contribution in [0.1, 0.15) is 29.7 Å². The van der Waals surface area contributed by atoms with Gasteiger partial charge in [-0.25, -0.2) is 0 Å². The monoisotopic (exact) mass is 619 g/mol. The number of fused-ring (bicyclic) bond motifs is 2. The summed E-state index contributed by atoms with van der Waals surface area (Å²) in [7, 11) is 0. The number of carbonyl (C=O) groups is 3. The minimum Gasteiger partial charge on any atom is -0.394 e. The van der Waals surface area contributed by atoms with Crippen molar-refractivity contribution in [1.29, 1.82) is 0 Å². The molecule has 45 heavy (non-hydrogen) atoms. The first-order chi connectivity index (χ1) is 21.7. The van der Waals surface area contributed by atoms with E-state index in [4.69, 9.17) is 0 Å². The van der Waals surface area contributed by atoms with Gasteiger partial charge in [0.15, 0.2) is 0 Å². The molecule has 7 nitrogen and oxygen atoms in total. The quantitative estimate of drug-likeness (QED) is 0.396. The molecular formula is C37H37N3O4S. The van der Waals surface area contributed by atoms with Crippen LogP contribution in [-0.2, 0) is 14.4 Å². The zero-order valence-electron chi connectivity index (χ0n) is 25.7. The number of aliphatic hydroxyl groups is 1. The van der Waals surface area contributed by atoms with E-state index in [0.717, 1.165) is 28.1 Å². The summed E-state index contributed by atoms with van der Waals surface area (Å²) in [6, 6.07) is 23.3. The largest absolute Gasteiger partial charge is 0.394 e. The fraction of sp³-hybridized carbons (Fsp3) is 0.324. The normalized spacial score (nSPS) is 29.7. The molecule has 0 saturated carbocycles. The van der Waals surface area contributed by atoms with Crippen LogP contribution < -0.4 is 9.80 Å². The second-order valence-corrected chi connectivity index (χ2v) is 14.5. The average molecular weight is 620 g/mol. The van der Waals surface area contributed by atoms with Gasteiger partial charge in [0.25, 0.3) is 5.91 Å². The lowest BCUT2D eigenvalue weighted by Crippen LogP contribution is -2.54. The molecule has 4 heterocycles. The number of anilines is 2. The van der Waals surface area contributed by atoms with E-state index in [2.05, 4.69) is 6.08 Å². The first-order valence-corrected chi connectivity index (χ1v) is 16.3. The summed E-state index contributed by atoms with van der Waals surface area (Å²) >= 11 is 1.55. The number of hydrogen-bond donors (Lipinski definition) is 1. The van der Waals surface area contributed by atoms with Crippen LogP contribution in [0.2, 0.25) is 0 Å². The van der Waals surface area contributed by atoms with Gasteiger partial charge in [0, 0.05) is 29.2 Å². The molecule has 3 aromatic carbocycles. The van der Waals surface area contributed by atoms with Gasteiger partial charge < -0.3 is 19.8 Å². The van der Waals surface area contributed by atoms with E-state index in [1.54, 1.807) is 26.5 Å². The maximum Gasteiger partial charge on any atom is 0.251 e. The molecule has 6 atom stereocenters. The highest BCUT2D eigenvalue weighted by Gasteiger charge is 2.74. The Balaban J connectivity index is 1.41. The lowest BCUT2D eigenvalue weighted by Gasteiger charge is -2.40. The Hall–Kier alpha value is -4.14. The number of para-hydroxylation sites is 1. The van der Waals surface area contributed by atoms with E-state index in [9.17, 15) is 9.90 Å². The topological polar surface area (TPSA) is 81.2 Å². The fourth-order valence-electron chi connectivity index (χ4n) is 7.89. The number of hydrogen-bond acceptors (Lipinski definition) is 5. The molecule has 0 bridgehead atoms. The van der Waals surface area contributed by atoms with Gasteiger partial charge in [-0.1, -0.05) is 85.0 Å². The summed E-state index contributed by atoms with van der Waals surface area (Å²) in [5.41, 5.74) is 4.30. The van der Waals surface area contributed by atoms with Gasteiger partial charge >= 0.3 is 0 Å². The molecule has 1 N–H and O–H groups in total. The lowest BCUT2D eigenvalue weighted by molar-refractivity contribution is -0.142. The second kappa shape index (κ2) is 11.0. The van der Waals surface area contributed by atoms with Crippen molar-refractivity contribution in [2.45, 2.75) is 42.3 Å². The SMILES string of the molecule is Cc1ccc(C)c(N2CC=C[C@]34S[C@@]5(C)C=CCN(c6ccccc6)C(=O)[C@H]5[C@H]3C(=O)N([C@H](CO)c3ccccc3)C4C2=O)c1. The van der Waals surface area contributed by atoms with Crippen molar-refractivity contribution < 1.29 is 19.5 Å². The van der Waals surface area contributed by atoms with Gasteiger partial charge in [-0.3, -0.25) is 14.4 Å². The first-order valence-electron chi connectivity index (χ1n) is 15.5. The van der Waals surface area contributed by atoms with Crippen LogP contribution >= 0.6 is 11.8 Å². The summed E-state index contributed by atoms with van der Waals surface area (Å²) in [6.45, 7) is 6.39. The van der Waals surface area contributed by atoms with E-state index < -0.39 is 33.4 Å². The smallest absolute Gasteiger partial charge is 0.251 e. The van der Waals surface area contributed by atoms with Crippen molar-refractivity contribution >= 4 is 40.9 Å². The summed E-state index contributed by atoms with van der Waals surface area (Å²) in [5, 5.41) is 10.9. The Morgan fingerprint density at radius 2 is 1.49 bits per heavy atom. The van der Waals surface area contributed by atoms with Crippen LogP contribution in [0, 0.1) is 25.7 Å². The molecule has 0 aliphatic carbocycles. The summed E-state index contributed by atoms with van der Waals surface area (Å²) in [5.74, 6) is -2.14. The first kappa shape index (κ1) is 29.6. The Kier molecular flexibility index (Phi) is 7.25. The predicted molar refractivity (Wildman–Crippen MR) is 178 cm³/mol. The maximum absolute atomic E-state index is 15.1. The molecule has 230 valence electrons. The predicted octanol–water partition coefficient (Wildman–Crippen LogP) is 5.23. The molecule has 3 amide bonds. The molecule has 8 heteroatoms. The van der Waals surface area contributed by atoms with E-state index in [0.29, 0.717) is 13.1 Å². The summed E-state index contributed by atoms with van der Waals surface area (Å²) in [4.78, 5) is 49.9. The number of likely N-dealkylation sites (tertiary alicyclic amines) is 1. The molecule has 3 aromatic rings. The van der Waals surface area contributed by atoms with Crippen molar-refractivity contribution in [2.24, 2.45) is 11.8 Å². The fourth-order valence-corrected chi connectivity index (χ4v) is 10.0. The van der Waals surface area contributed by atoms with Crippen LogP contribution in [0.15, 0.2) is 103 Å². The summed E-state index contributed by atoms with van der Waals surface area (Å²) < 4.78 is -1.76. The zero-order valence-corrected chi connectivity index (χ0v) is 26.5. The van der Waals surface area contributed by atoms with Gasteiger partial charge in [-0.2, -0.15) is 0 Å². The molecule has 2 fully saturated rings. The van der Waals surface area contributed by atoms with Crippen LogP contribution in [0.25, 0.3) is 0 Å². The number of nitrogens with zero attached hydrogens (tertiary/aromatic N) is 3. The Labute approximate surface area is 268 Å². The molecule has 7 rings (SSSR count). The van der Waals surface area contributed by atoms with Crippen molar-refractivity contribution in [3.63, 3.8) is 0 Å². The molecule has 0 aromatic heterocycles. The van der Waals surface area contributed by atoms with Gasteiger partial charge in [-0.15, -0.1) is 11.8 Å². The third kappa shape index (κ3) is 4.49. The zero-order chi connectivity index (χ0) is 31.5. The van der Waals surface area contributed by atoms with Crippen molar-refractivity contribution in [1.82, 2.24) is 4.90 Å². The molecule has 1 spiro atoms. The highest BCUT2D eigenvalue weighted by atomic mass is 32.2. The lowest BCUT2D eigenvalue weighted by atomic mass is 9.74. The van der Waals surface area contributed by atoms with E-state index in [-0.39, 0.29) is 24.3 Å². The average Bonchev–Trinajstić information content (AvgIpc) is 3.31. The van der Waals surface area contributed by atoms with Gasteiger partial charge in [0.1, 0.15) is 6.04 Å². The number of benzene rings is 3. The third-order valence-electron chi connectivity index (χ3n) is 9.91. The molecule has 2 saturated heterocycles. The number of aryl methyl sites for hydroxylation is 2. The van der Waals surface area contributed by atoms with Crippen LogP contribution in [0.3, 0.4) is 0 Å². The number of thioether (sulfide) groups is 1. The standard InChI is InChI=1S/C37H37N3O4S/c1-24-16-17-25(2)28(22-24)39-21-11-19-37-31(34(43)40(32(37)35(39)44)29(23-41)26-12-6-4-7-13-26)30-33(42)38(27-14-8-5-9-15-27)20-10-18-36(30,3)45-37/h4-19,22,29-32,41H,20-21,23H2,1-3H3/t29-,30-,31+,32?,36+,37+/m1/s1. The van der Waals surface area contributed by atoms with Crippen LogP contribution in [-0.4, -0.2) is 63.0 Å². The number of carbonyl (C=O) groups excluding carboxylic acids is 3. The van der Waals surface area contributed by atoms with Crippen LogP contribution in [0.4, 0.5) is 11.4 Å². The minimum atomic E-state index is -1.03. The van der Waals surface area contributed by atoms with E-state index in [1.807, 2.05) is 118 Å².